The Hall–Kier alpha value is -2.63. The van der Waals surface area contributed by atoms with E-state index in [0.717, 1.165) is 5.76 Å². The van der Waals surface area contributed by atoms with E-state index in [4.69, 9.17) is 4.42 Å². The largest absolute Gasteiger partial charge is 0.460 e. The van der Waals surface area contributed by atoms with Crippen molar-refractivity contribution in [2.24, 2.45) is 5.10 Å². The normalized spacial score (nSPS) is 10.7. The van der Waals surface area contributed by atoms with Gasteiger partial charge < -0.3 is 4.42 Å². The highest BCUT2D eigenvalue weighted by Crippen LogP contribution is 2.15. The van der Waals surface area contributed by atoms with Crippen LogP contribution in [0.2, 0.25) is 0 Å². The molecule has 0 unspecified atom stereocenters. The minimum atomic E-state index is -0.446. The van der Waals surface area contributed by atoms with E-state index in [1.54, 1.807) is 18.2 Å². The van der Waals surface area contributed by atoms with Crippen LogP contribution in [0.3, 0.4) is 0 Å². The van der Waals surface area contributed by atoms with E-state index in [1.807, 2.05) is 13.0 Å². The van der Waals surface area contributed by atoms with Gasteiger partial charge in [0.05, 0.1) is 16.8 Å². The Kier molecular flexibility index (Phi) is 3.38. The molecule has 1 heterocycles. The quantitative estimate of drug-likeness (QED) is 0.510. The number of nitrogens with one attached hydrogen (secondary N) is 1. The molecule has 0 saturated heterocycles. The van der Waals surface area contributed by atoms with Crippen molar-refractivity contribution in [3.8, 4) is 0 Å². The number of nitro benzene ring substituents is 1. The number of aryl methyl sites for hydroxylation is 1. The lowest BCUT2D eigenvalue weighted by molar-refractivity contribution is -0.384. The maximum absolute atomic E-state index is 10.5. The fraction of sp³-hybridized carbons (Fsp3) is 0.0833. The molecule has 0 aliphatic carbocycles. The fourth-order valence-electron chi connectivity index (χ4n) is 1.35. The molecular weight excluding hydrogens is 234 g/mol. The number of anilines is 1. The second-order valence-corrected chi connectivity index (χ2v) is 3.62. The maximum Gasteiger partial charge on any atom is 0.269 e. The Morgan fingerprint density at radius 3 is 2.56 bits per heavy atom. The number of nitro groups is 1. The molecule has 1 aromatic carbocycles. The van der Waals surface area contributed by atoms with Crippen LogP contribution < -0.4 is 5.43 Å². The third-order valence-corrected chi connectivity index (χ3v) is 2.22. The zero-order valence-corrected chi connectivity index (χ0v) is 9.66. The molecule has 92 valence electrons. The summed E-state index contributed by atoms with van der Waals surface area (Å²) in [5, 5.41) is 14.4. The van der Waals surface area contributed by atoms with Crippen molar-refractivity contribution < 1.29 is 9.34 Å². The van der Waals surface area contributed by atoms with Gasteiger partial charge in [0.1, 0.15) is 11.5 Å². The predicted octanol–water partition coefficient (Wildman–Crippen LogP) is 2.94. The molecule has 0 bridgehead atoms. The zero-order valence-electron chi connectivity index (χ0n) is 9.66. The third kappa shape index (κ3) is 2.94. The molecule has 0 spiro atoms. The third-order valence-electron chi connectivity index (χ3n) is 2.22. The van der Waals surface area contributed by atoms with Crippen LogP contribution in [0.1, 0.15) is 11.5 Å². The van der Waals surface area contributed by atoms with Gasteiger partial charge >= 0.3 is 0 Å². The first-order chi connectivity index (χ1) is 8.65. The molecule has 0 atom stereocenters. The Morgan fingerprint density at radius 2 is 2.00 bits per heavy atom. The Morgan fingerprint density at radius 1 is 1.28 bits per heavy atom. The monoisotopic (exact) mass is 245 g/mol. The summed E-state index contributed by atoms with van der Waals surface area (Å²) in [6.07, 6.45) is 1.54. The van der Waals surface area contributed by atoms with Crippen LogP contribution in [-0.2, 0) is 0 Å². The number of non-ortho nitro benzene ring substituents is 1. The first-order valence-electron chi connectivity index (χ1n) is 5.25. The second-order valence-electron chi connectivity index (χ2n) is 3.62. The van der Waals surface area contributed by atoms with E-state index < -0.39 is 4.92 Å². The highest BCUT2D eigenvalue weighted by molar-refractivity contribution is 5.76. The molecule has 0 amide bonds. The van der Waals surface area contributed by atoms with Gasteiger partial charge in [0, 0.05) is 12.1 Å². The van der Waals surface area contributed by atoms with Gasteiger partial charge in [-0.1, -0.05) is 0 Å². The first-order valence-corrected chi connectivity index (χ1v) is 5.25. The minimum absolute atomic E-state index is 0.0474. The topological polar surface area (TPSA) is 80.7 Å². The summed E-state index contributed by atoms with van der Waals surface area (Å²) in [5.74, 6) is 1.45. The van der Waals surface area contributed by atoms with Gasteiger partial charge in [-0.15, -0.1) is 0 Å². The van der Waals surface area contributed by atoms with Crippen molar-refractivity contribution in [3.63, 3.8) is 0 Å². The summed E-state index contributed by atoms with van der Waals surface area (Å²) in [6.45, 7) is 1.85. The van der Waals surface area contributed by atoms with E-state index in [0.29, 0.717) is 11.4 Å². The summed E-state index contributed by atoms with van der Waals surface area (Å²) < 4.78 is 5.29. The Labute approximate surface area is 103 Å². The van der Waals surface area contributed by atoms with Gasteiger partial charge in [-0.05, 0) is 31.2 Å². The number of hydrogen-bond acceptors (Lipinski definition) is 5. The molecule has 6 nitrogen and oxygen atoms in total. The molecule has 0 saturated carbocycles. The minimum Gasteiger partial charge on any atom is -0.460 e. The van der Waals surface area contributed by atoms with Gasteiger partial charge in [-0.3, -0.25) is 15.5 Å². The SMILES string of the molecule is Cc1ccc(C=NNc2ccc([N+](=O)[O-])cc2)o1. The van der Waals surface area contributed by atoms with Crippen LogP contribution in [0.5, 0.6) is 0 Å². The van der Waals surface area contributed by atoms with Crippen molar-refractivity contribution >= 4 is 17.6 Å². The number of benzene rings is 1. The van der Waals surface area contributed by atoms with Gasteiger partial charge in [0.25, 0.3) is 5.69 Å². The average molecular weight is 245 g/mol. The van der Waals surface area contributed by atoms with E-state index >= 15 is 0 Å². The van der Waals surface area contributed by atoms with Crippen molar-refractivity contribution in [1.82, 2.24) is 0 Å². The van der Waals surface area contributed by atoms with Crippen LogP contribution in [0.15, 0.2) is 45.9 Å². The molecule has 1 aromatic heterocycles. The number of rotatable bonds is 4. The summed E-state index contributed by atoms with van der Waals surface area (Å²) in [4.78, 5) is 10.0. The number of hydrazone groups is 1. The van der Waals surface area contributed by atoms with E-state index in [1.165, 1.54) is 18.3 Å². The van der Waals surface area contributed by atoms with Crippen LogP contribution in [0.25, 0.3) is 0 Å². The predicted molar refractivity (Wildman–Crippen MR) is 67.8 cm³/mol. The van der Waals surface area contributed by atoms with E-state index in [2.05, 4.69) is 10.5 Å². The van der Waals surface area contributed by atoms with Gasteiger partial charge in [-0.25, -0.2) is 0 Å². The first kappa shape index (κ1) is 11.8. The van der Waals surface area contributed by atoms with Crippen LogP contribution in [-0.4, -0.2) is 11.1 Å². The molecule has 0 aliphatic heterocycles. The molecule has 6 heteroatoms. The smallest absolute Gasteiger partial charge is 0.269 e. The summed E-state index contributed by atoms with van der Waals surface area (Å²) in [5.41, 5.74) is 3.47. The van der Waals surface area contributed by atoms with Gasteiger partial charge in [-0.2, -0.15) is 5.10 Å². The lowest BCUT2D eigenvalue weighted by Gasteiger charge is -1.98. The summed E-state index contributed by atoms with van der Waals surface area (Å²) in [7, 11) is 0. The fourth-order valence-corrected chi connectivity index (χ4v) is 1.35. The number of furan rings is 1. The molecule has 0 fully saturated rings. The maximum atomic E-state index is 10.5. The van der Waals surface area contributed by atoms with Crippen LogP contribution in [0.4, 0.5) is 11.4 Å². The van der Waals surface area contributed by atoms with Gasteiger partial charge in [0.15, 0.2) is 0 Å². The molecule has 0 aliphatic rings. The van der Waals surface area contributed by atoms with E-state index in [-0.39, 0.29) is 5.69 Å². The molecule has 0 radical (unpaired) electrons. The highest BCUT2D eigenvalue weighted by atomic mass is 16.6. The van der Waals surface area contributed by atoms with E-state index in [9.17, 15) is 10.1 Å². The molecule has 1 N–H and O–H groups in total. The van der Waals surface area contributed by atoms with Crippen molar-refractivity contribution in [3.05, 3.63) is 58.0 Å². The standard InChI is InChI=1S/C12H11N3O3/c1-9-2-7-12(18-9)8-13-14-10-3-5-11(6-4-10)15(16)17/h2-8,14H,1H3. The zero-order chi connectivity index (χ0) is 13.0. The van der Waals surface area contributed by atoms with Gasteiger partial charge in [0.2, 0.25) is 0 Å². The molecule has 2 rings (SSSR count). The highest BCUT2D eigenvalue weighted by Gasteiger charge is 2.02. The molecular formula is C12H11N3O3. The van der Waals surface area contributed by atoms with Crippen molar-refractivity contribution in [1.29, 1.82) is 0 Å². The number of hydrogen-bond donors (Lipinski definition) is 1. The second kappa shape index (κ2) is 5.13. The van der Waals surface area contributed by atoms with Crippen LogP contribution in [0, 0.1) is 17.0 Å². The number of nitrogens with zero attached hydrogens (tertiary/aromatic N) is 2. The summed E-state index contributed by atoms with van der Waals surface area (Å²) >= 11 is 0. The van der Waals surface area contributed by atoms with Crippen molar-refractivity contribution in [2.75, 3.05) is 5.43 Å². The van der Waals surface area contributed by atoms with Crippen LogP contribution >= 0.6 is 0 Å². The molecule has 2 aromatic rings. The average Bonchev–Trinajstić information content (AvgIpc) is 2.76. The lowest BCUT2D eigenvalue weighted by atomic mass is 10.3. The lowest BCUT2D eigenvalue weighted by Crippen LogP contribution is -1.91. The van der Waals surface area contributed by atoms with Crippen molar-refractivity contribution in [2.45, 2.75) is 6.92 Å². The Balaban J connectivity index is 1.98. The Bertz CT molecular complexity index is 573. The summed E-state index contributed by atoms with van der Waals surface area (Å²) in [6, 6.07) is 9.64. The molecule has 18 heavy (non-hydrogen) atoms.